The predicted molar refractivity (Wildman–Crippen MR) is 167 cm³/mol. The molecule has 5 rings (SSSR count). The highest BCUT2D eigenvalue weighted by molar-refractivity contribution is 6.17. The Hall–Kier alpha value is -5.02. The molecule has 1 atom stereocenters. The highest BCUT2D eigenvalue weighted by Crippen LogP contribution is 2.33. The van der Waals surface area contributed by atoms with Crippen molar-refractivity contribution in [3.63, 3.8) is 0 Å². The highest BCUT2D eigenvalue weighted by atomic mass is 16.7. The molecule has 0 saturated heterocycles. The van der Waals surface area contributed by atoms with Crippen molar-refractivity contribution in [3.05, 3.63) is 117 Å². The van der Waals surface area contributed by atoms with E-state index in [1.807, 2.05) is 87.5 Å². The number of hydrogen-bond acceptors (Lipinski definition) is 7. The number of benzene rings is 4. The summed E-state index contributed by atoms with van der Waals surface area (Å²) >= 11 is 0. The maximum absolute atomic E-state index is 12.8. The van der Waals surface area contributed by atoms with Gasteiger partial charge >= 0.3 is 5.97 Å². The fourth-order valence-corrected chi connectivity index (χ4v) is 5.32. The number of rotatable bonds is 11. The first-order valence-electron chi connectivity index (χ1n) is 14.1. The van der Waals surface area contributed by atoms with E-state index in [9.17, 15) is 14.9 Å². The summed E-state index contributed by atoms with van der Waals surface area (Å²) in [7, 11) is 1.63. The number of carbonyl (C=O) groups excluding carboxylic acids is 1. The Balaban J connectivity index is 1.60. The van der Waals surface area contributed by atoms with Crippen LogP contribution in [-0.2, 0) is 27.3 Å². The standard InChI is InChI=1S/C34H33N3O6/c1-5-36-31-15-11-25(19-29(31)30-20-26(37(39)40)12-16-32(30)36)34(35-43-33(38)18-24-9-7-6-8-10-24)28-14-13-27(17-22(28)2)42-23(3)21-41-4/h6-17,19-20,23H,5,18,21H2,1-4H3/b35-34-. The molecule has 220 valence electrons. The first kappa shape index (κ1) is 29.5. The highest BCUT2D eigenvalue weighted by Gasteiger charge is 2.19. The number of nitro benzene ring substituents is 1. The van der Waals surface area contributed by atoms with Gasteiger partial charge in [0.2, 0.25) is 0 Å². The number of nitrogens with zero attached hydrogens (tertiary/aromatic N) is 3. The molecule has 5 aromatic rings. The van der Waals surface area contributed by atoms with Gasteiger partial charge < -0.3 is 18.9 Å². The van der Waals surface area contributed by atoms with Crippen molar-refractivity contribution in [1.29, 1.82) is 0 Å². The quantitative estimate of drug-likeness (QED) is 0.0723. The van der Waals surface area contributed by atoms with E-state index < -0.39 is 10.9 Å². The number of non-ortho nitro benzene ring substituents is 1. The molecule has 9 nitrogen and oxygen atoms in total. The molecule has 43 heavy (non-hydrogen) atoms. The van der Waals surface area contributed by atoms with Crippen LogP contribution in [0.15, 0.2) is 90.1 Å². The summed E-state index contributed by atoms with van der Waals surface area (Å²) in [6.45, 7) is 7.05. The molecule has 9 heteroatoms. The Kier molecular flexibility index (Phi) is 8.82. The molecular weight excluding hydrogens is 546 g/mol. The normalized spacial score (nSPS) is 12.4. The second-order valence-electron chi connectivity index (χ2n) is 10.4. The third-order valence-electron chi connectivity index (χ3n) is 7.27. The van der Waals surface area contributed by atoms with Crippen molar-refractivity contribution in [2.24, 2.45) is 5.16 Å². The molecule has 0 aliphatic carbocycles. The number of nitro groups is 1. The second kappa shape index (κ2) is 12.9. The molecule has 4 aromatic carbocycles. The molecule has 0 radical (unpaired) electrons. The molecule has 0 saturated carbocycles. The van der Waals surface area contributed by atoms with Crippen LogP contribution >= 0.6 is 0 Å². The number of methoxy groups -OCH3 is 1. The van der Waals surface area contributed by atoms with Crippen LogP contribution < -0.4 is 4.74 Å². The minimum atomic E-state index is -0.492. The van der Waals surface area contributed by atoms with Gasteiger partial charge in [-0.1, -0.05) is 41.6 Å². The first-order valence-corrected chi connectivity index (χ1v) is 14.1. The van der Waals surface area contributed by atoms with Crippen molar-refractivity contribution < 1.29 is 24.0 Å². The van der Waals surface area contributed by atoms with Gasteiger partial charge in [0.05, 0.1) is 18.0 Å². The van der Waals surface area contributed by atoms with Crippen LogP contribution in [0.3, 0.4) is 0 Å². The second-order valence-corrected chi connectivity index (χ2v) is 10.4. The topological polar surface area (TPSA) is 105 Å². The number of carbonyl (C=O) groups is 1. The lowest BCUT2D eigenvalue weighted by molar-refractivity contribution is -0.384. The number of aromatic nitrogens is 1. The van der Waals surface area contributed by atoms with Crippen LogP contribution in [0.5, 0.6) is 5.75 Å². The van der Waals surface area contributed by atoms with E-state index in [1.54, 1.807) is 19.2 Å². The van der Waals surface area contributed by atoms with Crippen LogP contribution in [0, 0.1) is 17.0 Å². The van der Waals surface area contributed by atoms with E-state index in [2.05, 4.69) is 9.72 Å². The van der Waals surface area contributed by atoms with E-state index in [4.69, 9.17) is 14.3 Å². The van der Waals surface area contributed by atoms with Gasteiger partial charge in [-0.2, -0.15) is 0 Å². The van der Waals surface area contributed by atoms with Crippen molar-refractivity contribution in [1.82, 2.24) is 4.57 Å². The molecule has 0 bridgehead atoms. The average molecular weight is 580 g/mol. The molecule has 0 spiro atoms. The van der Waals surface area contributed by atoms with Crippen LogP contribution in [-0.4, -0.2) is 41.0 Å². The Morgan fingerprint density at radius 3 is 2.37 bits per heavy atom. The van der Waals surface area contributed by atoms with E-state index in [1.165, 1.54) is 6.07 Å². The molecule has 1 aromatic heterocycles. The summed E-state index contributed by atoms with van der Waals surface area (Å²) in [4.78, 5) is 29.5. The molecular formula is C34H33N3O6. The average Bonchev–Trinajstić information content (AvgIpc) is 3.31. The number of ether oxygens (including phenoxy) is 2. The maximum atomic E-state index is 12.8. The number of hydrogen-bond donors (Lipinski definition) is 0. The van der Waals surface area contributed by atoms with Crippen LogP contribution in [0.1, 0.15) is 36.1 Å². The Bertz CT molecular complexity index is 1830. The van der Waals surface area contributed by atoms with E-state index in [0.29, 0.717) is 30.2 Å². The molecule has 0 N–H and O–H groups in total. The minimum Gasteiger partial charge on any atom is -0.488 e. The van der Waals surface area contributed by atoms with Crippen molar-refractivity contribution >= 4 is 39.2 Å². The van der Waals surface area contributed by atoms with Crippen LogP contribution in [0.25, 0.3) is 21.8 Å². The van der Waals surface area contributed by atoms with Crippen molar-refractivity contribution in [2.45, 2.75) is 39.8 Å². The summed E-state index contributed by atoms with van der Waals surface area (Å²) in [5.41, 5.74) is 5.46. The van der Waals surface area contributed by atoms with Crippen molar-refractivity contribution in [3.8, 4) is 5.75 Å². The first-order chi connectivity index (χ1) is 20.8. The van der Waals surface area contributed by atoms with Gasteiger partial charge in [-0.3, -0.25) is 10.1 Å². The van der Waals surface area contributed by atoms with Crippen LogP contribution in [0.2, 0.25) is 0 Å². The molecule has 0 fully saturated rings. The van der Waals surface area contributed by atoms with Crippen molar-refractivity contribution in [2.75, 3.05) is 13.7 Å². The third-order valence-corrected chi connectivity index (χ3v) is 7.27. The lowest BCUT2D eigenvalue weighted by atomic mass is 9.96. The van der Waals surface area contributed by atoms with Gasteiger partial charge in [0, 0.05) is 58.7 Å². The van der Waals surface area contributed by atoms with Crippen LogP contribution in [0.4, 0.5) is 5.69 Å². The molecule has 0 aliphatic rings. The smallest absolute Gasteiger partial charge is 0.339 e. The van der Waals surface area contributed by atoms with E-state index >= 15 is 0 Å². The van der Waals surface area contributed by atoms with Gasteiger partial charge in [-0.15, -0.1) is 0 Å². The van der Waals surface area contributed by atoms with Gasteiger partial charge in [0.1, 0.15) is 17.6 Å². The van der Waals surface area contributed by atoms with E-state index in [0.717, 1.165) is 38.5 Å². The fourth-order valence-electron chi connectivity index (χ4n) is 5.32. The summed E-state index contributed by atoms with van der Waals surface area (Å²) in [6.07, 6.45) is -0.0577. The molecule has 0 amide bonds. The summed E-state index contributed by atoms with van der Waals surface area (Å²) < 4.78 is 13.3. The monoisotopic (exact) mass is 579 g/mol. The molecule has 1 unspecified atom stereocenters. The van der Waals surface area contributed by atoms with Gasteiger partial charge in [-0.25, -0.2) is 4.79 Å². The number of fused-ring (bicyclic) bond motifs is 3. The zero-order valence-corrected chi connectivity index (χ0v) is 24.6. The zero-order valence-electron chi connectivity index (χ0n) is 24.6. The van der Waals surface area contributed by atoms with Gasteiger partial charge in [0.25, 0.3) is 5.69 Å². The Morgan fingerprint density at radius 2 is 1.70 bits per heavy atom. The lowest BCUT2D eigenvalue weighted by Crippen LogP contribution is -2.18. The lowest BCUT2D eigenvalue weighted by Gasteiger charge is -2.16. The maximum Gasteiger partial charge on any atom is 0.339 e. The van der Waals surface area contributed by atoms with E-state index in [-0.39, 0.29) is 18.2 Å². The molecule has 1 heterocycles. The predicted octanol–water partition coefficient (Wildman–Crippen LogP) is 6.98. The SMILES string of the molecule is CCn1c2ccc(/C(=N/OC(=O)Cc3ccccc3)c3ccc(OC(C)COC)cc3C)cc2c2cc([N+](=O)[O-])ccc21. The van der Waals surface area contributed by atoms with Gasteiger partial charge in [0.15, 0.2) is 0 Å². The number of aryl methyl sites for hydroxylation is 2. The minimum absolute atomic E-state index is 0.0194. The molecule has 0 aliphatic heterocycles. The zero-order chi connectivity index (χ0) is 30.5. The summed E-state index contributed by atoms with van der Waals surface area (Å²) in [5, 5.41) is 17.6. The fraction of sp³-hybridized carbons (Fsp3) is 0.235. The Morgan fingerprint density at radius 1 is 0.977 bits per heavy atom. The largest absolute Gasteiger partial charge is 0.488 e. The van der Waals surface area contributed by atoms with Gasteiger partial charge in [-0.05, 0) is 68.3 Å². The Labute approximate surface area is 249 Å². The summed E-state index contributed by atoms with van der Waals surface area (Å²) in [6, 6.07) is 25.7. The number of oxime groups is 1. The third kappa shape index (κ3) is 6.42. The summed E-state index contributed by atoms with van der Waals surface area (Å²) in [5.74, 6) is 0.189.